The molecule has 1 aliphatic carbocycles. The maximum absolute atomic E-state index is 12.2. The number of hydrogen-bond donors (Lipinski definition) is 3. The molecule has 0 aromatic carbocycles. The van der Waals surface area contributed by atoms with Gasteiger partial charge in [-0.2, -0.15) is 0 Å². The van der Waals surface area contributed by atoms with E-state index in [4.69, 9.17) is 11.5 Å². The van der Waals surface area contributed by atoms with Crippen LogP contribution in [0.2, 0.25) is 0 Å². The van der Waals surface area contributed by atoms with Gasteiger partial charge < -0.3 is 16.8 Å². The maximum atomic E-state index is 12.2. The minimum Gasteiger partial charge on any atom is -0.352 e. The molecule has 5 N–H and O–H groups in total. The molecular weight excluding hydrogens is 238 g/mol. The minimum atomic E-state index is 0.0410. The maximum Gasteiger partial charge on any atom is 0.220 e. The van der Waals surface area contributed by atoms with Gasteiger partial charge in [0, 0.05) is 19.0 Å². The third-order valence-electron chi connectivity index (χ3n) is 4.29. The van der Waals surface area contributed by atoms with Gasteiger partial charge >= 0.3 is 0 Å². The Labute approximate surface area is 117 Å². The highest BCUT2D eigenvalue weighted by Crippen LogP contribution is 2.38. The Morgan fingerprint density at radius 3 is 2.32 bits per heavy atom. The summed E-state index contributed by atoms with van der Waals surface area (Å²) in [6.07, 6.45) is 7.38. The third kappa shape index (κ3) is 5.49. The van der Waals surface area contributed by atoms with E-state index in [-0.39, 0.29) is 17.4 Å². The van der Waals surface area contributed by atoms with Crippen LogP contribution in [0.5, 0.6) is 0 Å². The van der Waals surface area contributed by atoms with Gasteiger partial charge in [0.1, 0.15) is 0 Å². The molecule has 1 unspecified atom stereocenters. The van der Waals surface area contributed by atoms with E-state index in [2.05, 4.69) is 19.2 Å². The van der Waals surface area contributed by atoms with Crippen molar-refractivity contribution in [2.24, 2.45) is 22.8 Å². The molecule has 1 rings (SSSR count). The monoisotopic (exact) mass is 269 g/mol. The van der Waals surface area contributed by atoms with Gasteiger partial charge in [0.25, 0.3) is 0 Å². The van der Waals surface area contributed by atoms with Crippen molar-refractivity contribution in [3.05, 3.63) is 0 Å². The molecule has 0 aromatic rings. The van der Waals surface area contributed by atoms with Crippen LogP contribution in [0, 0.1) is 11.3 Å². The van der Waals surface area contributed by atoms with Crippen molar-refractivity contribution < 1.29 is 4.79 Å². The first kappa shape index (κ1) is 16.4. The second-order valence-corrected chi connectivity index (χ2v) is 6.57. The molecular formula is C15H31N3O. The van der Waals surface area contributed by atoms with E-state index in [0.29, 0.717) is 25.4 Å². The van der Waals surface area contributed by atoms with E-state index >= 15 is 0 Å². The molecule has 4 heteroatoms. The fourth-order valence-electron chi connectivity index (χ4n) is 3.16. The van der Waals surface area contributed by atoms with E-state index < -0.39 is 0 Å². The Balaban J connectivity index is 2.47. The number of nitrogens with two attached hydrogens (primary N) is 2. The van der Waals surface area contributed by atoms with E-state index in [0.717, 1.165) is 19.3 Å². The van der Waals surface area contributed by atoms with Crippen LogP contribution >= 0.6 is 0 Å². The van der Waals surface area contributed by atoms with Crippen LogP contribution in [0.1, 0.15) is 58.8 Å². The summed E-state index contributed by atoms with van der Waals surface area (Å²) >= 11 is 0. The van der Waals surface area contributed by atoms with Gasteiger partial charge in [0.15, 0.2) is 0 Å². The Bertz CT molecular complexity index is 273. The van der Waals surface area contributed by atoms with E-state index in [9.17, 15) is 4.79 Å². The molecule has 0 heterocycles. The Kier molecular flexibility index (Phi) is 6.80. The standard InChI is InChI=1S/C15H31N3O/c1-12(2)8-13(10-16)18-14(19)9-15(11-17)6-4-3-5-7-15/h12-13H,3-11,16-17H2,1-2H3,(H,18,19). The third-order valence-corrected chi connectivity index (χ3v) is 4.29. The molecule has 1 amide bonds. The van der Waals surface area contributed by atoms with Gasteiger partial charge in [-0.25, -0.2) is 0 Å². The highest BCUT2D eigenvalue weighted by molar-refractivity contribution is 5.77. The predicted molar refractivity (Wildman–Crippen MR) is 79.6 cm³/mol. The first-order chi connectivity index (χ1) is 9.01. The van der Waals surface area contributed by atoms with Gasteiger partial charge in [-0.1, -0.05) is 33.1 Å². The molecule has 0 radical (unpaired) electrons. The fraction of sp³-hybridized carbons (Fsp3) is 0.933. The van der Waals surface area contributed by atoms with Crippen molar-refractivity contribution in [3.8, 4) is 0 Å². The number of carbonyl (C=O) groups excluding carboxylic acids is 1. The zero-order valence-electron chi connectivity index (χ0n) is 12.6. The minimum absolute atomic E-state index is 0.0410. The van der Waals surface area contributed by atoms with Crippen LogP contribution in [0.4, 0.5) is 0 Å². The lowest BCUT2D eigenvalue weighted by Gasteiger charge is -2.36. The summed E-state index contributed by atoms with van der Waals surface area (Å²) < 4.78 is 0. The summed E-state index contributed by atoms with van der Waals surface area (Å²) in [5.74, 6) is 0.676. The molecule has 0 aliphatic heterocycles. The number of rotatable bonds is 7. The topological polar surface area (TPSA) is 81.1 Å². The SMILES string of the molecule is CC(C)CC(CN)NC(=O)CC1(CN)CCCCC1. The molecule has 4 nitrogen and oxygen atoms in total. The van der Waals surface area contributed by atoms with Crippen LogP contribution in [0.15, 0.2) is 0 Å². The lowest BCUT2D eigenvalue weighted by molar-refractivity contribution is -0.124. The molecule has 1 saturated carbocycles. The van der Waals surface area contributed by atoms with Crippen LogP contribution in [-0.4, -0.2) is 25.0 Å². The van der Waals surface area contributed by atoms with Crippen molar-refractivity contribution in [2.45, 2.75) is 64.8 Å². The lowest BCUT2D eigenvalue weighted by Crippen LogP contribution is -2.45. The lowest BCUT2D eigenvalue weighted by atomic mass is 9.71. The molecule has 0 bridgehead atoms. The Morgan fingerprint density at radius 1 is 1.21 bits per heavy atom. The van der Waals surface area contributed by atoms with Gasteiger partial charge in [0.05, 0.1) is 0 Å². The van der Waals surface area contributed by atoms with Gasteiger partial charge in [-0.15, -0.1) is 0 Å². The van der Waals surface area contributed by atoms with Crippen molar-refractivity contribution >= 4 is 5.91 Å². The fourth-order valence-corrected chi connectivity index (χ4v) is 3.16. The number of nitrogens with one attached hydrogen (secondary N) is 1. The summed E-state index contributed by atoms with van der Waals surface area (Å²) in [6, 6.07) is 0.103. The molecule has 1 fully saturated rings. The summed E-state index contributed by atoms with van der Waals surface area (Å²) in [6.45, 7) is 5.44. The van der Waals surface area contributed by atoms with Crippen LogP contribution in [0.3, 0.4) is 0 Å². The first-order valence-electron chi connectivity index (χ1n) is 7.71. The van der Waals surface area contributed by atoms with Crippen molar-refractivity contribution in [1.29, 1.82) is 0 Å². The highest BCUT2D eigenvalue weighted by Gasteiger charge is 2.33. The smallest absolute Gasteiger partial charge is 0.220 e. The number of amides is 1. The zero-order chi connectivity index (χ0) is 14.3. The van der Waals surface area contributed by atoms with Crippen molar-refractivity contribution in [3.63, 3.8) is 0 Å². The normalized spacial score (nSPS) is 20.3. The summed E-state index contributed by atoms with van der Waals surface area (Å²) in [5, 5.41) is 3.08. The molecule has 1 atom stereocenters. The van der Waals surface area contributed by atoms with E-state index in [1.807, 2.05) is 0 Å². The van der Waals surface area contributed by atoms with Gasteiger partial charge in [0.2, 0.25) is 5.91 Å². The predicted octanol–water partition coefficient (Wildman–Crippen LogP) is 1.78. The number of hydrogen-bond acceptors (Lipinski definition) is 3. The summed E-state index contributed by atoms with van der Waals surface area (Å²) in [5.41, 5.74) is 11.7. The second kappa shape index (κ2) is 7.85. The Hall–Kier alpha value is -0.610. The zero-order valence-corrected chi connectivity index (χ0v) is 12.6. The molecule has 0 spiro atoms. The molecule has 0 saturated heterocycles. The van der Waals surface area contributed by atoms with E-state index in [1.165, 1.54) is 19.3 Å². The summed E-state index contributed by atoms with van der Waals surface area (Å²) in [7, 11) is 0. The number of carbonyl (C=O) groups is 1. The first-order valence-corrected chi connectivity index (χ1v) is 7.71. The second-order valence-electron chi connectivity index (χ2n) is 6.57. The Morgan fingerprint density at radius 2 is 1.84 bits per heavy atom. The van der Waals surface area contributed by atoms with Gasteiger partial charge in [-0.3, -0.25) is 4.79 Å². The van der Waals surface area contributed by atoms with E-state index in [1.54, 1.807) is 0 Å². The average Bonchev–Trinajstić information content (AvgIpc) is 2.38. The largest absolute Gasteiger partial charge is 0.352 e. The highest BCUT2D eigenvalue weighted by atomic mass is 16.1. The van der Waals surface area contributed by atoms with Crippen LogP contribution < -0.4 is 16.8 Å². The van der Waals surface area contributed by atoms with Crippen molar-refractivity contribution in [2.75, 3.05) is 13.1 Å². The molecule has 0 aromatic heterocycles. The summed E-state index contributed by atoms with van der Waals surface area (Å²) in [4.78, 5) is 12.2. The average molecular weight is 269 g/mol. The molecule has 1 aliphatic rings. The quantitative estimate of drug-likeness (QED) is 0.659. The molecule has 19 heavy (non-hydrogen) atoms. The molecule has 112 valence electrons. The van der Waals surface area contributed by atoms with Gasteiger partial charge in [-0.05, 0) is 37.1 Å². The van der Waals surface area contributed by atoms with Crippen LogP contribution in [-0.2, 0) is 4.79 Å². The van der Waals surface area contributed by atoms with Crippen LogP contribution in [0.25, 0.3) is 0 Å². The van der Waals surface area contributed by atoms with Crippen molar-refractivity contribution in [1.82, 2.24) is 5.32 Å².